The van der Waals surface area contributed by atoms with E-state index in [1.807, 2.05) is 6.07 Å². The van der Waals surface area contributed by atoms with Gasteiger partial charge in [-0.2, -0.15) is 0 Å². The summed E-state index contributed by atoms with van der Waals surface area (Å²) in [4.78, 5) is 20.1. The van der Waals surface area contributed by atoms with Gasteiger partial charge in [-0.15, -0.1) is 0 Å². The number of aromatic nitrogens is 2. The number of nitrogens with one attached hydrogen (secondary N) is 1. The van der Waals surface area contributed by atoms with E-state index in [0.717, 1.165) is 50.2 Å². The van der Waals surface area contributed by atoms with Crippen LogP contribution in [0, 0.1) is 12.8 Å². The molecule has 0 radical (unpaired) electrons. The molecule has 1 aliphatic heterocycles. The van der Waals surface area contributed by atoms with Crippen molar-refractivity contribution in [2.45, 2.75) is 52.6 Å². The fourth-order valence-corrected chi connectivity index (χ4v) is 4.74. The first-order valence-electron chi connectivity index (χ1n) is 11.5. The maximum Gasteiger partial charge on any atom is 0.224 e. The molecule has 2 heterocycles. The predicted molar refractivity (Wildman–Crippen MR) is 126 cm³/mol. The highest BCUT2D eigenvalue weighted by atomic mass is 16.1. The summed E-state index contributed by atoms with van der Waals surface area (Å²) in [5, 5.41) is 3.17. The Bertz CT molecular complexity index is 1040. The second kappa shape index (κ2) is 9.65. The van der Waals surface area contributed by atoms with Crippen molar-refractivity contribution in [3.8, 4) is 0 Å². The standard InChI is InChI=1S/C26H34N4O/c1-19(2)30-24-12-5-4-11-23(24)28-25(30)18-29-15-7-10-22(17-29)26(31)27-14-13-21-9-6-8-20(3)16-21/h4-6,8-9,11-12,16,19,22H,7,10,13-15,17-18H2,1-3H3,(H,27,31)/t22-/m0/s1. The van der Waals surface area contributed by atoms with Gasteiger partial charge in [0, 0.05) is 19.1 Å². The van der Waals surface area contributed by atoms with Gasteiger partial charge in [0.1, 0.15) is 5.82 Å². The van der Waals surface area contributed by atoms with Gasteiger partial charge in [0.15, 0.2) is 0 Å². The van der Waals surface area contributed by atoms with Crippen LogP contribution in [0.25, 0.3) is 11.0 Å². The van der Waals surface area contributed by atoms with E-state index in [1.54, 1.807) is 0 Å². The molecule has 2 aromatic carbocycles. The maximum absolute atomic E-state index is 12.8. The number of benzene rings is 2. The lowest BCUT2D eigenvalue weighted by atomic mass is 9.97. The van der Waals surface area contributed by atoms with Crippen molar-refractivity contribution >= 4 is 16.9 Å². The van der Waals surface area contributed by atoms with Crippen LogP contribution in [0.4, 0.5) is 0 Å². The Kier molecular flexibility index (Phi) is 6.71. The molecule has 0 spiro atoms. The number of fused-ring (bicyclic) bond motifs is 1. The van der Waals surface area contributed by atoms with Crippen LogP contribution in [-0.2, 0) is 17.8 Å². The maximum atomic E-state index is 12.8. The SMILES string of the molecule is Cc1cccc(CCNC(=O)[C@H]2CCCN(Cc3nc4ccccc4n3C(C)C)C2)c1. The molecule has 5 heteroatoms. The molecular weight excluding hydrogens is 384 g/mol. The van der Waals surface area contributed by atoms with Crippen molar-refractivity contribution in [3.63, 3.8) is 0 Å². The minimum atomic E-state index is 0.0585. The zero-order valence-electron chi connectivity index (χ0n) is 19.0. The highest BCUT2D eigenvalue weighted by molar-refractivity contribution is 5.79. The third kappa shape index (κ3) is 5.16. The summed E-state index contributed by atoms with van der Waals surface area (Å²) < 4.78 is 2.33. The number of rotatable bonds is 7. The summed E-state index contributed by atoms with van der Waals surface area (Å²) in [6.07, 6.45) is 2.90. The molecule has 0 unspecified atom stereocenters. The summed E-state index contributed by atoms with van der Waals surface area (Å²) in [6, 6.07) is 17.2. The Balaban J connectivity index is 1.36. The average molecular weight is 419 g/mol. The molecule has 164 valence electrons. The Morgan fingerprint density at radius 3 is 2.84 bits per heavy atom. The molecule has 0 aliphatic carbocycles. The van der Waals surface area contributed by atoms with Gasteiger partial charge in [0.2, 0.25) is 5.91 Å². The molecule has 0 bridgehead atoms. The zero-order chi connectivity index (χ0) is 21.8. The number of aryl methyl sites for hydroxylation is 1. The molecule has 1 aliphatic rings. The lowest BCUT2D eigenvalue weighted by molar-refractivity contribution is -0.126. The van der Waals surface area contributed by atoms with E-state index in [4.69, 9.17) is 4.98 Å². The fraction of sp³-hybridized carbons (Fsp3) is 0.462. The second-order valence-corrected chi connectivity index (χ2v) is 9.08. The fourth-order valence-electron chi connectivity index (χ4n) is 4.74. The summed E-state index contributed by atoms with van der Waals surface area (Å²) in [5.74, 6) is 1.34. The van der Waals surface area contributed by atoms with Crippen LogP contribution in [0.5, 0.6) is 0 Å². The van der Waals surface area contributed by atoms with Crippen molar-refractivity contribution in [2.24, 2.45) is 5.92 Å². The number of carbonyl (C=O) groups is 1. The van der Waals surface area contributed by atoms with Crippen molar-refractivity contribution < 1.29 is 4.79 Å². The van der Waals surface area contributed by atoms with Gasteiger partial charge < -0.3 is 9.88 Å². The number of carbonyl (C=O) groups excluding carboxylic acids is 1. The summed E-state index contributed by atoms with van der Waals surface area (Å²) in [7, 11) is 0. The first kappa shape index (κ1) is 21.6. The van der Waals surface area contributed by atoms with Crippen molar-refractivity contribution in [1.29, 1.82) is 0 Å². The highest BCUT2D eigenvalue weighted by Gasteiger charge is 2.27. The molecule has 1 saturated heterocycles. The van der Waals surface area contributed by atoms with Crippen LogP contribution in [-0.4, -0.2) is 40.0 Å². The number of likely N-dealkylation sites (tertiary alicyclic amines) is 1. The van der Waals surface area contributed by atoms with Crippen molar-refractivity contribution in [3.05, 3.63) is 65.5 Å². The quantitative estimate of drug-likeness (QED) is 0.615. The first-order chi connectivity index (χ1) is 15.0. The molecule has 1 atom stereocenters. The lowest BCUT2D eigenvalue weighted by Gasteiger charge is -2.32. The molecule has 1 amide bonds. The van der Waals surface area contributed by atoms with E-state index >= 15 is 0 Å². The number of piperidine rings is 1. The molecule has 5 nitrogen and oxygen atoms in total. The number of hydrogen-bond donors (Lipinski definition) is 1. The van der Waals surface area contributed by atoms with Gasteiger partial charge in [-0.25, -0.2) is 4.98 Å². The minimum absolute atomic E-state index is 0.0585. The Labute approximate surface area is 185 Å². The van der Waals surface area contributed by atoms with Gasteiger partial charge in [0.25, 0.3) is 0 Å². The van der Waals surface area contributed by atoms with E-state index in [0.29, 0.717) is 12.6 Å². The first-order valence-corrected chi connectivity index (χ1v) is 11.5. The number of nitrogens with zero attached hydrogens (tertiary/aromatic N) is 3. The minimum Gasteiger partial charge on any atom is -0.355 e. The molecule has 4 rings (SSSR count). The third-order valence-corrected chi connectivity index (χ3v) is 6.22. The molecule has 0 saturated carbocycles. The Morgan fingerprint density at radius 2 is 2.03 bits per heavy atom. The van der Waals surface area contributed by atoms with Crippen molar-refractivity contribution in [1.82, 2.24) is 19.8 Å². The van der Waals surface area contributed by atoms with Crippen LogP contribution in [0.15, 0.2) is 48.5 Å². The average Bonchev–Trinajstić information content (AvgIpc) is 3.12. The van der Waals surface area contributed by atoms with Gasteiger partial charge >= 0.3 is 0 Å². The Hall–Kier alpha value is -2.66. The van der Waals surface area contributed by atoms with E-state index in [9.17, 15) is 4.79 Å². The van der Waals surface area contributed by atoms with Crippen LogP contribution in [0.1, 0.15) is 49.7 Å². The number of imidazole rings is 1. The van der Waals surface area contributed by atoms with E-state index in [2.05, 4.69) is 78.0 Å². The van der Waals surface area contributed by atoms with Crippen molar-refractivity contribution in [2.75, 3.05) is 19.6 Å². The topological polar surface area (TPSA) is 50.2 Å². The summed E-state index contributed by atoms with van der Waals surface area (Å²) >= 11 is 0. The van der Waals surface area contributed by atoms with Crippen LogP contribution in [0.2, 0.25) is 0 Å². The number of para-hydroxylation sites is 2. The molecular formula is C26H34N4O. The second-order valence-electron chi connectivity index (χ2n) is 9.08. The molecule has 31 heavy (non-hydrogen) atoms. The van der Waals surface area contributed by atoms with Gasteiger partial charge in [-0.1, -0.05) is 42.0 Å². The lowest BCUT2D eigenvalue weighted by Crippen LogP contribution is -2.43. The number of amides is 1. The predicted octanol–water partition coefficient (Wildman–Crippen LogP) is 4.50. The van der Waals surface area contributed by atoms with E-state index < -0.39 is 0 Å². The summed E-state index contributed by atoms with van der Waals surface area (Å²) in [6.45, 7) is 9.83. The zero-order valence-corrected chi connectivity index (χ0v) is 19.0. The monoisotopic (exact) mass is 418 g/mol. The molecule has 1 aromatic heterocycles. The van der Waals surface area contributed by atoms with Gasteiger partial charge in [-0.05, 0) is 64.3 Å². The largest absolute Gasteiger partial charge is 0.355 e. The highest BCUT2D eigenvalue weighted by Crippen LogP contribution is 2.24. The van der Waals surface area contributed by atoms with Crippen LogP contribution < -0.4 is 5.32 Å². The summed E-state index contributed by atoms with van der Waals surface area (Å²) in [5.41, 5.74) is 4.78. The Morgan fingerprint density at radius 1 is 1.19 bits per heavy atom. The van der Waals surface area contributed by atoms with E-state index in [1.165, 1.54) is 16.6 Å². The van der Waals surface area contributed by atoms with Crippen LogP contribution in [0.3, 0.4) is 0 Å². The van der Waals surface area contributed by atoms with Gasteiger partial charge in [0.05, 0.1) is 23.5 Å². The third-order valence-electron chi connectivity index (χ3n) is 6.22. The van der Waals surface area contributed by atoms with Gasteiger partial charge in [-0.3, -0.25) is 9.69 Å². The van der Waals surface area contributed by atoms with E-state index in [-0.39, 0.29) is 11.8 Å². The van der Waals surface area contributed by atoms with Crippen LogP contribution >= 0.6 is 0 Å². The molecule has 3 aromatic rings. The molecule has 1 fully saturated rings. The number of hydrogen-bond acceptors (Lipinski definition) is 3. The normalized spacial score (nSPS) is 17.4. The smallest absolute Gasteiger partial charge is 0.224 e. The molecule has 1 N–H and O–H groups in total.